The lowest BCUT2D eigenvalue weighted by atomic mass is 9.94. The summed E-state index contributed by atoms with van der Waals surface area (Å²) in [6, 6.07) is 17.9. The zero-order chi connectivity index (χ0) is 44.0. The molecule has 4 rings (SSSR count). The molecular formula is C44H56N8O8. The van der Waals surface area contributed by atoms with Crippen molar-refractivity contribution in [2.75, 3.05) is 18.9 Å². The molecule has 0 saturated carbocycles. The number of carbonyl (C=O) groups is 7. The van der Waals surface area contributed by atoms with Crippen LogP contribution in [-0.2, 0) is 41.6 Å². The van der Waals surface area contributed by atoms with E-state index < -0.39 is 77.5 Å². The van der Waals surface area contributed by atoms with E-state index in [-0.39, 0.29) is 25.8 Å². The SMILES string of the molecule is Cc1ccccc1NC(=O)NCCCC[C@H](NC(=O)[C@H](Cc1c[nH]c2ccccc12)NC(=O)C(C)(C)C)C(=O)N[C@@H](CC(=O)O)C(=O)N(C)[C@@H](Cc1ccccc1)C(N)=O. The molecule has 0 aliphatic heterocycles. The number of hydrogen-bond acceptors (Lipinski definition) is 7. The number of para-hydroxylation sites is 2. The molecule has 0 spiro atoms. The van der Waals surface area contributed by atoms with E-state index in [0.29, 0.717) is 24.1 Å². The summed E-state index contributed by atoms with van der Waals surface area (Å²) in [6.07, 6.45) is 1.69. The highest BCUT2D eigenvalue weighted by Crippen LogP contribution is 2.21. The highest BCUT2D eigenvalue weighted by molar-refractivity contribution is 5.97. The van der Waals surface area contributed by atoms with Gasteiger partial charge in [0.1, 0.15) is 24.2 Å². The summed E-state index contributed by atoms with van der Waals surface area (Å²) in [5, 5.41) is 24.3. The van der Waals surface area contributed by atoms with Crippen molar-refractivity contribution in [3.8, 4) is 0 Å². The van der Waals surface area contributed by atoms with Crippen molar-refractivity contribution in [1.82, 2.24) is 31.2 Å². The van der Waals surface area contributed by atoms with E-state index in [2.05, 4.69) is 31.6 Å². The van der Waals surface area contributed by atoms with E-state index in [9.17, 15) is 38.7 Å². The molecule has 0 fully saturated rings. The van der Waals surface area contributed by atoms with Gasteiger partial charge in [-0.1, -0.05) is 87.5 Å². The number of amides is 7. The fraction of sp³-hybridized carbons (Fsp3) is 0.386. The van der Waals surface area contributed by atoms with E-state index >= 15 is 0 Å². The monoisotopic (exact) mass is 824 g/mol. The first-order chi connectivity index (χ1) is 28.4. The lowest BCUT2D eigenvalue weighted by molar-refractivity contribution is -0.146. The van der Waals surface area contributed by atoms with E-state index in [4.69, 9.17) is 5.73 Å². The average molecular weight is 825 g/mol. The van der Waals surface area contributed by atoms with Gasteiger partial charge in [-0.25, -0.2) is 4.79 Å². The Bertz CT molecular complexity index is 2150. The van der Waals surface area contributed by atoms with Crippen LogP contribution in [0, 0.1) is 12.3 Å². The molecule has 3 aromatic carbocycles. The zero-order valence-electron chi connectivity index (χ0n) is 34.7. The number of likely N-dealkylation sites (N-methyl/N-ethyl adjacent to an activating group) is 1. The Morgan fingerprint density at radius 2 is 1.42 bits per heavy atom. The second kappa shape index (κ2) is 21.3. The normalized spacial score (nSPS) is 13.2. The second-order valence-corrected chi connectivity index (χ2v) is 15.8. The Labute approximate surface area is 349 Å². The minimum atomic E-state index is -1.65. The van der Waals surface area contributed by atoms with E-state index in [1.54, 1.807) is 69.4 Å². The number of aryl methyl sites for hydroxylation is 1. The number of aromatic amines is 1. The molecule has 0 radical (unpaired) electrons. The van der Waals surface area contributed by atoms with Crippen LogP contribution in [0.15, 0.2) is 85.1 Å². The Morgan fingerprint density at radius 3 is 2.08 bits per heavy atom. The molecule has 7 amide bonds. The number of carbonyl (C=O) groups excluding carboxylic acids is 6. The largest absolute Gasteiger partial charge is 0.481 e. The van der Waals surface area contributed by atoms with Crippen LogP contribution in [0.25, 0.3) is 10.9 Å². The van der Waals surface area contributed by atoms with Gasteiger partial charge in [-0.3, -0.25) is 28.8 Å². The summed E-state index contributed by atoms with van der Waals surface area (Å²) in [7, 11) is 1.30. The highest BCUT2D eigenvalue weighted by Gasteiger charge is 2.36. The number of rotatable bonds is 20. The first-order valence-electron chi connectivity index (χ1n) is 19.8. The third-order valence-electron chi connectivity index (χ3n) is 10.0. The van der Waals surface area contributed by atoms with Gasteiger partial charge in [0.25, 0.3) is 0 Å². The summed E-state index contributed by atoms with van der Waals surface area (Å²) < 4.78 is 0. The Hall–Kier alpha value is -6.71. The molecule has 0 saturated heterocycles. The fourth-order valence-electron chi connectivity index (χ4n) is 6.51. The molecule has 0 aliphatic rings. The van der Waals surface area contributed by atoms with Crippen molar-refractivity contribution in [3.63, 3.8) is 0 Å². The van der Waals surface area contributed by atoms with Crippen LogP contribution in [-0.4, -0.2) is 94.3 Å². The number of unbranched alkanes of at least 4 members (excludes halogenated alkanes) is 1. The molecule has 4 atom stereocenters. The van der Waals surface area contributed by atoms with Crippen molar-refractivity contribution in [3.05, 3.63) is 102 Å². The lowest BCUT2D eigenvalue weighted by Gasteiger charge is -2.31. The number of primary amides is 1. The predicted octanol–water partition coefficient (Wildman–Crippen LogP) is 3.54. The molecule has 60 heavy (non-hydrogen) atoms. The van der Waals surface area contributed by atoms with Gasteiger partial charge in [-0.2, -0.15) is 0 Å². The van der Waals surface area contributed by atoms with Crippen LogP contribution in [0.3, 0.4) is 0 Å². The Morgan fingerprint density at radius 1 is 0.783 bits per heavy atom. The number of aromatic nitrogens is 1. The average Bonchev–Trinajstić information content (AvgIpc) is 3.61. The van der Waals surface area contributed by atoms with Crippen LogP contribution in [0.1, 0.15) is 63.1 Å². The lowest BCUT2D eigenvalue weighted by Crippen LogP contribution is -2.59. The number of carboxylic acids is 1. The molecule has 4 aromatic rings. The predicted molar refractivity (Wildman–Crippen MR) is 227 cm³/mol. The molecule has 16 nitrogen and oxygen atoms in total. The zero-order valence-corrected chi connectivity index (χ0v) is 34.7. The van der Waals surface area contributed by atoms with Crippen molar-refractivity contribution >= 4 is 58.1 Å². The van der Waals surface area contributed by atoms with E-state index in [0.717, 1.165) is 26.9 Å². The van der Waals surface area contributed by atoms with Crippen LogP contribution < -0.4 is 32.3 Å². The van der Waals surface area contributed by atoms with Gasteiger partial charge in [-0.15, -0.1) is 0 Å². The minimum absolute atomic E-state index is 0.00737. The number of nitrogens with one attached hydrogen (secondary N) is 6. The van der Waals surface area contributed by atoms with Gasteiger partial charge >= 0.3 is 12.0 Å². The smallest absolute Gasteiger partial charge is 0.319 e. The van der Waals surface area contributed by atoms with Gasteiger partial charge in [0.05, 0.1) is 6.42 Å². The van der Waals surface area contributed by atoms with E-state index in [1.165, 1.54) is 7.05 Å². The first kappa shape index (κ1) is 46.0. The quantitative estimate of drug-likeness (QED) is 0.0612. The Balaban J connectivity index is 1.56. The summed E-state index contributed by atoms with van der Waals surface area (Å²) in [5.41, 5.74) is 8.62. The number of benzene rings is 3. The second-order valence-electron chi connectivity index (χ2n) is 15.8. The van der Waals surface area contributed by atoms with Gasteiger partial charge < -0.3 is 47.3 Å². The molecule has 1 heterocycles. The number of hydrogen-bond donors (Lipinski definition) is 8. The summed E-state index contributed by atoms with van der Waals surface area (Å²) >= 11 is 0. The number of fused-ring (bicyclic) bond motifs is 1. The maximum absolute atomic E-state index is 14.2. The summed E-state index contributed by atoms with van der Waals surface area (Å²) in [5.74, 6) is -5.08. The number of urea groups is 1. The van der Waals surface area contributed by atoms with Crippen molar-refractivity contribution in [2.24, 2.45) is 11.1 Å². The van der Waals surface area contributed by atoms with E-state index in [1.807, 2.05) is 43.3 Å². The minimum Gasteiger partial charge on any atom is -0.481 e. The van der Waals surface area contributed by atoms with Crippen LogP contribution in [0.2, 0.25) is 0 Å². The van der Waals surface area contributed by atoms with Gasteiger partial charge in [0.2, 0.25) is 29.5 Å². The maximum atomic E-state index is 14.2. The van der Waals surface area contributed by atoms with Crippen molar-refractivity contribution < 1.29 is 38.7 Å². The third kappa shape index (κ3) is 13.4. The topological polar surface area (TPSA) is 245 Å². The van der Waals surface area contributed by atoms with Crippen LogP contribution in [0.5, 0.6) is 0 Å². The third-order valence-corrected chi connectivity index (χ3v) is 10.0. The number of anilines is 1. The van der Waals surface area contributed by atoms with Crippen LogP contribution >= 0.6 is 0 Å². The highest BCUT2D eigenvalue weighted by atomic mass is 16.4. The first-order valence-corrected chi connectivity index (χ1v) is 19.8. The number of nitrogens with two attached hydrogens (primary N) is 1. The standard InChI is InChI=1S/C44H56N8O8/c1-27-15-9-11-19-31(27)51-43(60)46-22-14-13-21-33(48-40(57)34(50-42(59)44(2,3)4)24-29-26-47-32-20-12-10-18-30(29)32)39(56)49-35(25-37(53)54)41(58)52(5)36(38(45)55)23-28-16-7-6-8-17-28/h6-12,15-20,26,33-36,47H,13-14,21-25H2,1-5H3,(H2,45,55)(H,48,57)(H,49,56)(H,50,59)(H,53,54)(H2,46,51,60)/t33-,34-,35-,36-/m0/s1. The molecule has 0 bridgehead atoms. The van der Waals surface area contributed by atoms with Gasteiger partial charge in [-0.05, 0) is 55.0 Å². The Kier molecular flexibility index (Phi) is 16.4. The molecular weight excluding hydrogens is 769 g/mol. The molecule has 320 valence electrons. The fourth-order valence-corrected chi connectivity index (χ4v) is 6.51. The summed E-state index contributed by atoms with van der Waals surface area (Å²) in [6.45, 7) is 7.18. The van der Waals surface area contributed by atoms with Gasteiger partial charge in [0, 0.05) is 54.6 Å². The number of carboxylic acid groups (broad SMARTS) is 1. The molecule has 16 heteroatoms. The number of H-pyrrole nitrogens is 1. The van der Waals surface area contributed by atoms with Crippen molar-refractivity contribution in [2.45, 2.75) is 90.4 Å². The van der Waals surface area contributed by atoms with Gasteiger partial charge in [0.15, 0.2) is 0 Å². The number of aliphatic carboxylic acids is 1. The molecule has 9 N–H and O–H groups in total. The molecule has 1 aromatic heterocycles. The van der Waals surface area contributed by atoms with Crippen LogP contribution in [0.4, 0.5) is 10.5 Å². The molecule has 0 aliphatic carbocycles. The van der Waals surface area contributed by atoms with Crippen molar-refractivity contribution in [1.29, 1.82) is 0 Å². The maximum Gasteiger partial charge on any atom is 0.319 e. The number of nitrogens with zero attached hydrogens (tertiary/aromatic N) is 1. The molecule has 0 unspecified atom stereocenters. The summed E-state index contributed by atoms with van der Waals surface area (Å²) in [4.78, 5) is 96.9.